The minimum absolute atomic E-state index is 0.580. The SMILES string of the molecule is Cc1ccc(N2CCc3ncnc(N)c3C2)nc1. The minimum atomic E-state index is 0.580. The molecule has 2 N–H and O–H groups in total. The van der Waals surface area contributed by atoms with Crippen molar-refractivity contribution in [1.29, 1.82) is 0 Å². The number of rotatable bonds is 1. The average Bonchev–Trinajstić information content (AvgIpc) is 2.40. The van der Waals surface area contributed by atoms with Gasteiger partial charge in [0.2, 0.25) is 0 Å². The highest BCUT2D eigenvalue weighted by atomic mass is 15.2. The van der Waals surface area contributed by atoms with Crippen LogP contribution in [0, 0.1) is 6.92 Å². The van der Waals surface area contributed by atoms with E-state index in [1.165, 1.54) is 11.9 Å². The third-order valence-electron chi connectivity index (χ3n) is 3.26. The maximum absolute atomic E-state index is 5.91. The molecule has 0 saturated carbocycles. The molecule has 0 atom stereocenters. The lowest BCUT2D eigenvalue weighted by Crippen LogP contribution is -2.32. The zero-order valence-electron chi connectivity index (χ0n) is 10.3. The fourth-order valence-corrected chi connectivity index (χ4v) is 2.21. The van der Waals surface area contributed by atoms with Crippen LogP contribution in [0.15, 0.2) is 24.7 Å². The van der Waals surface area contributed by atoms with E-state index in [2.05, 4.69) is 25.9 Å². The van der Waals surface area contributed by atoms with E-state index in [0.29, 0.717) is 5.82 Å². The monoisotopic (exact) mass is 241 g/mol. The first-order valence-electron chi connectivity index (χ1n) is 6.00. The molecule has 0 radical (unpaired) electrons. The lowest BCUT2D eigenvalue weighted by Gasteiger charge is -2.29. The lowest BCUT2D eigenvalue weighted by molar-refractivity contribution is 0.699. The van der Waals surface area contributed by atoms with Crippen LogP contribution in [0.25, 0.3) is 0 Å². The van der Waals surface area contributed by atoms with E-state index in [1.54, 1.807) is 0 Å². The number of nitrogen functional groups attached to an aromatic ring is 1. The van der Waals surface area contributed by atoms with Gasteiger partial charge in [-0.1, -0.05) is 6.07 Å². The van der Waals surface area contributed by atoms with E-state index in [-0.39, 0.29) is 0 Å². The number of aryl methyl sites for hydroxylation is 1. The Hall–Kier alpha value is -2.17. The zero-order valence-corrected chi connectivity index (χ0v) is 10.3. The van der Waals surface area contributed by atoms with Crippen LogP contribution in [-0.4, -0.2) is 21.5 Å². The molecule has 0 aliphatic carbocycles. The average molecular weight is 241 g/mol. The van der Waals surface area contributed by atoms with E-state index in [9.17, 15) is 0 Å². The molecule has 5 nitrogen and oxygen atoms in total. The highest BCUT2D eigenvalue weighted by Crippen LogP contribution is 2.24. The summed E-state index contributed by atoms with van der Waals surface area (Å²) in [7, 11) is 0. The van der Waals surface area contributed by atoms with E-state index in [0.717, 1.165) is 36.6 Å². The summed E-state index contributed by atoms with van der Waals surface area (Å²) in [6, 6.07) is 4.11. The molecule has 0 aromatic carbocycles. The topological polar surface area (TPSA) is 67.9 Å². The second-order valence-corrected chi connectivity index (χ2v) is 4.55. The summed E-state index contributed by atoms with van der Waals surface area (Å²) in [5.74, 6) is 1.56. The number of aromatic nitrogens is 3. The molecule has 3 heterocycles. The maximum atomic E-state index is 5.91. The van der Waals surface area contributed by atoms with Crippen molar-refractivity contribution in [3.05, 3.63) is 41.5 Å². The van der Waals surface area contributed by atoms with Crippen LogP contribution >= 0.6 is 0 Å². The van der Waals surface area contributed by atoms with Crippen LogP contribution in [0.2, 0.25) is 0 Å². The molecule has 1 aliphatic rings. The summed E-state index contributed by atoms with van der Waals surface area (Å²) in [6.45, 7) is 3.69. The molecule has 92 valence electrons. The largest absolute Gasteiger partial charge is 0.383 e. The number of nitrogens with zero attached hydrogens (tertiary/aromatic N) is 4. The Morgan fingerprint density at radius 2 is 2.11 bits per heavy atom. The van der Waals surface area contributed by atoms with Crippen LogP contribution in [0.5, 0.6) is 0 Å². The summed E-state index contributed by atoms with van der Waals surface area (Å²) < 4.78 is 0. The van der Waals surface area contributed by atoms with Gasteiger partial charge in [0.1, 0.15) is 18.0 Å². The highest BCUT2D eigenvalue weighted by Gasteiger charge is 2.20. The van der Waals surface area contributed by atoms with Crippen LogP contribution in [0.4, 0.5) is 11.6 Å². The van der Waals surface area contributed by atoms with Gasteiger partial charge in [-0.3, -0.25) is 0 Å². The standard InChI is InChI=1S/C13H15N5/c1-9-2-3-12(15-6-9)18-5-4-11-10(7-18)13(14)17-8-16-11/h2-3,6,8H,4-5,7H2,1H3,(H2,14,16,17). The van der Waals surface area contributed by atoms with Crippen LogP contribution < -0.4 is 10.6 Å². The van der Waals surface area contributed by atoms with Crippen molar-refractivity contribution in [1.82, 2.24) is 15.0 Å². The number of fused-ring (bicyclic) bond motifs is 1. The number of hydrogen-bond donors (Lipinski definition) is 1. The van der Waals surface area contributed by atoms with Gasteiger partial charge in [0.05, 0.1) is 5.69 Å². The molecule has 0 fully saturated rings. The smallest absolute Gasteiger partial charge is 0.132 e. The normalized spacial score (nSPS) is 14.4. The molecule has 3 rings (SSSR count). The molecule has 5 heteroatoms. The Kier molecular flexibility index (Phi) is 2.59. The van der Waals surface area contributed by atoms with E-state index in [4.69, 9.17) is 5.73 Å². The van der Waals surface area contributed by atoms with Crippen molar-refractivity contribution in [2.24, 2.45) is 0 Å². The van der Waals surface area contributed by atoms with Gasteiger partial charge >= 0.3 is 0 Å². The molecular formula is C13H15N5. The summed E-state index contributed by atoms with van der Waals surface area (Å²) in [5.41, 5.74) is 9.17. The summed E-state index contributed by atoms with van der Waals surface area (Å²) in [6.07, 6.45) is 4.31. The van der Waals surface area contributed by atoms with E-state index < -0.39 is 0 Å². The molecule has 0 unspecified atom stereocenters. The molecule has 2 aromatic rings. The predicted octanol–water partition coefficient (Wildman–Crippen LogP) is 1.32. The Morgan fingerprint density at radius 3 is 2.89 bits per heavy atom. The fourth-order valence-electron chi connectivity index (χ4n) is 2.21. The Labute approximate surface area is 106 Å². The quantitative estimate of drug-likeness (QED) is 0.815. The summed E-state index contributed by atoms with van der Waals surface area (Å²) in [5, 5.41) is 0. The lowest BCUT2D eigenvalue weighted by atomic mass is 10.1. The van der Waals surface area contributed by atoms with Crippen molar-refractivity contribution >= 4 is 11.6 Å². The molecule has 1 aliphatic heterocycles. The van der Waals surface area contributed by atoms with Crippen molar-refractivity contribution in [3.63, 3.8) is 0 Å². The fraction of sp³-hybridized carbons (Fsp3) is 0.308. The summed E-state index contributed by atoms with van der Waals surface area (Å²) in [4.78, 5) is 15.0. The molecule has 0 bridgehead atoms. The van der Waals surface area contributed by atoms with Gasteiger partial charge in [0, 0.05) is 31.3 Å². The molecular weight excluding hydrogens is 226 g/mol. The molecule has 18 heavy (non-hydrogen) atoms. The predicted molar refractivity (Wildman–Crippen MR) is 70.2 cm³/mol. The maximum Gasteiger partial charge on any atom is 0.132 e. The molecule has 2 aromatic heterocycles. The summed E-state index contributed by atoms with van der Waals surface area (Å²) >= 11 is 0. The number of nitrogens with two attached hydrogens (primary N) is 1. The van der Waals surface area contributed by atoms with Gasteiger partial charge in [-0.15, -0.1) is 0 Å². The van der Waals surface area contributed by atoms with Crippen LogP contribution in [-0.2, 0) is 13.0 Å². The third kappa shape index (κ3) is 1.88. The van der Waals surface area contributed by atoms with Gasteiger partial charge in [-0.05, 0) is 18.6 Å². The van der Waals surface area contributed by atoms with Crippen LogP contribution in [0.1, 0.15) is 16.8 Å². The first kappa shape index (κ1) is 11.0. The van der Waals surface area contributed by atoms with Crippen molar-refractivity contribution < 1.29 is 0 Å². The highest BCUT2D eigenvalue weighted by molar-refractivity contribution is 5.49. The van der Waals surface area contributed by atoms with Gasteiger partial charge in [0.15, 0.2) is 0 Å². The molecule has 0 amide bonds. The van der Waals surface area contributed by atoms with Gasteiger partial charge in [-0.2, -0.15) is 0 Å². The first-order chi connectivity index (χ1) is 8.74. The Balaban J connectivity index is 1.90. The van der Waals surface area contributed by atoms with Crippen molar-refractivity contribution in [2.45, 2.75) is 19.9 Å². The van der Waals surface area contributed by atoms with Crippen molar-refractivity contribution in [2.75, 3.05) is 17.2 Å². The molecule has 0 spiro atoms. The first-order valence-corrected chi connectivity index (χ1v) is 6.00. The third-order valence-corrected chi connectivity index (χ3v) is 3.26. The zero-order chi connectivity index (χ0) is 12.5. The van der Waals surface area contributed by atoms with E-state index in [1.807, 2.05) is 19.2 Å². The Bertz CT molecular complexity index is 564. The number of anilines is 2. The second-order valence-electron chi connectivity index (χ2n) is 4.55. The van der Waals surface area contributed by atoms with E-state index >= 15 is 0 Å². The number of hydrogen-bond acceptors (Lipinski definition) is 5. The second kappa shape index (κ2) is 4.25. The minimum Gasteiger partial charge on any atom is -0.383 e. The van der Waals surface area contributed by atoms with Gasteiger partial charge < -0.3 is 10.6 Å². The Morgan fingerprint density at radius 1 is 1.22 bits per heavy atom. The van der Waals surface area contributed by atoms with Crippen LogP contribution in [0.3, 0.4) is 0 Å². The number of pyridine rings is 1. The molecule has 0 saturated heterocycles. The van der Waals surface area contributed by atoms with Gasteiger partial charge in [0.25, 0.3) is 0 Å². The van der Waals surface area contributed by atoms with Crippen molar-refractivity contribution in [3.8, 4) is 0 Å². The van der Waals surface area contributed by atoms with Gasteiger partial charge in [-0.25, -0.2) is 15.0 Å².